The second kappa shape index (κ2) is 7.19. The van der Waals surface area contributed by atoms with E-state index < -0.39 is 9.84 Å². The highest BCUT2D eigenvalue weighted by molar-refractivity contribution is 7.91. The average molecular weight is 327 g/mol. The molecule has 1 aromatic heterocycles. The van der Waals surface area contributed by atoms with Crippen LogP contribution in [0.3, 0.4) is 0 Å². The first-order chi connectivity index (χ1) is 9.53. The summed E-state index contributed by atoms with van der Waals surface area (Å²) in [4.78, 5) is 16.0. The molecule has 1 aromatic carbocycles. The molecule has 2 aromatic rings. The predicted molar refractivity (Wildman–Crippen MR) is 83.6 cm³/mol. The van der Waals surface area contributed by atoms with E-state index in [1.54, 1.807) is 31.2 Å². The molecule has 0 aliphatic carbocycles. The summed E-state index contributed by atoms with van der Waals surface area (Å²) in [5, 5.41) is 2.69. The standard InChI is InChI=1S/C14H14N2O3S.ClH/c1-2-20(18,19)13-5-3-12(4-6-13)16-14(17)11-7-9-15-10-8-11;/h3-10H,2H2,1H3,(H,16,17);1H. The van der Waals surface area contributed by atoms with Gasteiger partial charge < -0.3 is 5.32 Å². The first-order valence-corrected chi connectivity index (χ1v) is 7.72. The summed E-state index contributed by atoms with van der Waals surface area (Å²) >= 11 is 0. The van der Waals surface area contributed by atoms with E-state index in [-0.39, 0.29) is 29.0 Å². The van der Waals surface area contributed by atoms with Crippen LogP contribution in [-0.4, -0.2) is 25.1 Å². The van der Waals surface area contributed by atoms with Crippen LogP contribution in [0, 0.1) is 0 Å². The SMILES string of the molecule is CCS(=O)(=O)c1ccc(NC(=O)c2ccncc2)cc1.Cl. The number of nitrogens with zero attached hydrogens (tertiary/aromatic N) is 1. The highest BCUT2D eigenvalue weighted by atomic mass is 35.5. The Morgan fingerprint density at radius 1 is 1.10 bits per heavy atom. The minimum absolute atomic E-state index is 0. The van der Waals surface area contributed by atoms with Crippen LogP contribution in [0.4, 0.5) is 5.69 Å². The maximum atomic E-state index is 11.9. The van der Waals surface area contributed by atoms with Gasteiger partial charge >= 0.3 is 0 Å². The van der Waals surface area contributed by atoms with Gasteiger partial charge in [-0.25, -0.2) is 8.42 Å². The first kappa shape index (κ1) is 17.1. The lowest BCUT2D eigenvalue weighted by atomic mass is 10.2. The molecule has 5 nitrogen and oxygen atoms in total. The molecule has 112 valence electrons. The summed E-state index contributed by atoms with van der Waals surface area (Å²) in [6.07, 6.45) is 3.07. The molecule has 0 atom stereocenters. The third-order valence-corrected chi connectivity index (χ3v) is 4.54. The molecule has 0 spiro atoms. The van der Waals surface area contributed by atoms with Crippen molar-refractivity contribution in [1.82, 2.24) is 4.98 Å². The number of nitrogens with one attached hydrogen (secondary N) is 1. The molecule has 7 heteroatoms. The van der Waals surface area contributed by atoms with Crippen molar-refractivity contribution in [3.63, 3.8) is 0 Å². The van der Waals surface area contributed by atoms with Gasteiger partial charge in [-0.05, 0) is 36.4 Å². The normalized spacial score (nSPS) is 10.5. The number of sulfone groups is 1. The molecule has 1 amide bonds. The first-order valence-electron chi connectivity index (χ1n) is 6.07. The number of anilines is 1. The van der Waals surface area contributed by atoms with Crippen LogP contribution in [0.2, 0.25) is 0 Å². The molecule has 0 fully saturated rings. The van der Waals surface area contributed by atoms with Crippen molar-refractivity contribution in [1.29, 1.82) is 0 Å². The van der Waals surface area contributed by atoms with E-state index in [2.05, 4.69) is 10.3 Å². The fraction of sp³-hybridized carbons (Fsp3) is 0.143. The van der Waals surface area contributed by atoms with Crippen molar-refractivity contribution >= 4 is 33.8 Å². The summed E-state index contributed by atoms with van der Waals surface area (Å²) < 4.78 is 23.3. The number of aromatic nitrogens is 1. The maximum absolute atomic E-state index is 11.9. The third-order valence-electron chi connectivity index (χ3n) is 2.79. The molecule has 0 aliphatic heterocycles. The fourth-order valence-electron chi connectivity index (χ4n) is 1.62. The van der Waals surface area contributed by atoms with Gasteiger partial charge in [0, 0.05) is 23.6 Å². The second-order valence-corrected chi connectivity index (χ2v) is 6.40. The Hall–Kier alpha value is -1.92. The largest absolute Gasteiger partial charge is 0.322 e. The lowest BCUT2D eigenvalue weighted by Gasteiger charge is -2.06. The van der Waals surface area contributed by atoms with Crippen molar-refractivity contribution in [3.8, 4) is 0 Å². The van der Waals surface area contributed by atoms with Crippen LogP contribution in [-0.2, 0) is 9.84 Å². The lowest BCUT2D eigenvalue weighted by Crippen LogP contribution is -2.12. The Bertz CT molecular complexity index is 701. The van der Waals surface area contributed by atoms with E-state index in [1.165, 1.54) is 24.5 Å². The highest BCUT2D eigenvalue weighted by Gasteiger charge is 2.11. The van der Waals surface area contributed by atoms with Crippen molar-refractivity contribution in [3.05, 3.63) is 54.4 Å². The predicted octanol–water partition coefficient (Wildman–Crippen LogP) is 2.55. The third kappa shape index (κ3) is 4.27. The Morgan fingerprint density at radius 2 is 1.67 bits per heavy atom. The number of pyridine rings is 1. The zero-order valence-electron chi connectivity index (χ0n) is 11.3. The maximum Gasteiger partial charge on any atom is 0.255 e. The van der Waals surface area contributed by atoms with Gasteiger partial charge in [-0.3, -0.25) is 9.78 Å². The Balaban J connectivity index is 0.00000220. The van der Waals surface area contributed by atoms with Crippen molar-refractivity contribution in [2.75, 3.05) is 11.1 Å². The zero-order valence-corrected chi connectivity index (χ0v) is 12.9. The topological polar surface area (TPSA) is 76.1 Å². The van der Waals surface area contributed by atoms with Crippen LogP contribution >= 0.6 is 12.4 Å². The highest BCUT2D eigenvalue weighted by Crippen LogP contribution is 2.16. The average Bonchev–Trinajstić information content (AvgIpc) is 2.48. The molecular formula is C14H15ClN2O3S. The number of carbonyl (C=O) groups excluding carboxylic acids is 1. The minimum Gasteiger partial charge on any atom is -0.322 e. The van der Waals surface area contributed by atoms with Crippen LogP contribution < -0.4 is 5.32 Å². The quantitative estimate of drug-likeness (QED) is 0.936. The van der Waals surface area contributed by atoms with Gasteiger partial charge in [0.2, 0.25) is 0 Å². The number of rotatable bonds is 4. The van der Waals surface area contributed by atoms with Gasteiger partial charge in [0.1, 0.15) is 0 Å². The molecule has 0 saturated carbocycles. The molecule has 0 aliphatic rings. The molecule has 0 radical (unpaired) electrons. The number of benzene rings is 1. The van der Waals surface area contributed by atoms with E-state index in [1.807, 2.05) is 0 Å². The minimum atomic E-state index is -3.22. The summed E-state index contributed by atoms with van der Waals surface area (Å²) in [6, 6.07) is 9.32. The van der Waals surface area contributed by atoms with Gasteiger partial charge in [0.25, 0.3) is 5.91 Å². The van der Waals surface area contributed by atoms with E-state index >= 15 is 0 Å². The van der Waals surface area contributed by atoms with E-state index in [0.29, 0.717) is 11.3 Å². The van der Waals surface area contributed by atoms with Gasteiger partial charge in [-0.1, -0.05) is 6.92 Å². The molecule has 1 N–H and O–H groups in total. The number of halogens is 1. The lowest BCUT2D eigenvalue weighted by molar-refractivity contribution is 0.102. The van der Waals surface area contributed by atoms with Crippen LogP contribution in [0.1, 0.15) is 17.3 Å². The zero-order chi connectivity index (χ0) is 14.6. The van der Waals surface area contributed by atoms with Gasteiger partial charge in [-0.15, -0.1) is 12.4 Å². The van der Waals surface area contributed by atoms with Gasteiger partial charge in [-0.2, -0.15) is 0 Å². The molecule has 2 rings (SSSR count). The molecule has 0 saturated heterocycles. The number of hydrogen-bond acceptors (Lipinski definition) is 4. The second-order valence-electron chi connectivity index (χ2n) is 4.12. The van der Waals surface area contributed by atoms with Crippen molar-refractivity contribution in [2.45, 2.75) is 11.8 Å². The van der Waals surface area contributed by atoms with Crippen LogP contribution in [0.15, 0.2) is 53.7 Å². The molecule has 0 unspecified atom stereocenters. The summed E-state index contributed by atoms with van der Waals surface area (Å²) in [5.74, 6) is -0.214. The van der Waals surface area contributed by atoms with Crippen molar-refractivity contribution < 1.29 is 13.2 Å². The number of carbonyl (C=O) groups is 1. The van der Waals surface area contributed by atoms with Crippen LogP contribution in [0.5, 0.6) is 0 Å². The summed E-state index contributed by atoms with van der Waals surface area (Å²) in [6.45, 7) is 1.59. The molecule has 0 bridgehead atoms. The van der Waals surface area contributed by atoms with E-state index in [4.69, 9.17) is 0 Å². The molecule has 1 heterocycles. The summed E-state index contributed by atoms with van der Waals surface area (Å²) in [7, 11) is -3.22. The van der Waals surface area contributed by atoms with Crippen molar-refractivity contribution in [2.24, 2.45) is 0 Å². The summed E-state index contributed by atoms with van der Waals surface area (Å²) in [5.41, 5.74) is 1.03. The molecule has 21 heavy (non-hydrogen) atoms. The Morgan fingerprint density at radius 3 is 2.19 bits per heavy atom. The molecular weight excluding hydrogens is 312 g/mol. The Labute approximate surface area is 129 Å². The van der Waals surface area contributed by atoms with Gasteiger partial charge in [0.05, 0.1) is 10.6 Å². The smallest absolute Gasteiger partial charge is 0.255 e. The Kier molecular flexibility index (Phi) is 5.87. The monoisotopic (exact) mass is 326 g/mol. The van der Waals surface area contributed by atoms with E-state index in [9.17, 15) is 13.2 Å². The number of amides is 1. The van der Waals surface area contributed by atoms with Gasteiger partial charge in [0.15, 0.2) is 9.84 Å². The number of hydrogen-bond donors (Lipinski definition) is 1. The van der Waals surface area contributed by atoms with E-state index in [0.717, 1.165) is 0 Å². The fourth-order valence-corrected chi connectivity index (χ4v) is 2.50. The van der Waals surface area contributed by atoms with Crippen LogP contribution in [0.25, 0.3) is 0 Å².